The molecular formula is C17H32O3. The molecule has 0 N–H and O–H groups in total. The number of hydrogen-bond acceptors (Lipinski definition) is 3. The molecule has 0 radical (unpaired) electrons. The molecule has 0 aromatic carbocycles. The van der Waals surface area contributed by atoms with Crippen LogP contribution in [0.15, 0.2) is 0 Å². The predicted molar refractivity (Wildman–Crippen MR) is 82.4 cm³/mol. The van der Waals surface area contributed by atoms with Gasteiger partial charge in [-0.2, -0.15) is 0 Å². The second-order valence-electron chi connectivity index (χ2n) is 7.37. The lowest BCUT2D eigenvalue weighted by Gasteiger charge is -2.42. The fraction of sp³-hybridized carbons (Fsp3) is 0.882. The average molecular weight is 284 g/mol. The van der Waals surface area contributed by atoms with Gasteiger partial charge in [-0.05, 0) is 37.5 Å². The van der Waals surface area contributed by atoms with Crippen molar-refractivity contribution in [1.29, 1.82) is 0 Å². The summed E-state index contributed by atoms with van der Waals surface area (Å²) in [7, 11) is 0. The van der Waals surface area contributed by atoms with Crippen LogP contribution < -0.4 is 0 Å². The minimum absolute atomic E-state index is 0.0825. The highest BCUT2D eigenvalue weighted by Gasteiger charge is 2.44. The summed E-state index contributed by atoms with van der Waals surface area (Å²) in [5.41, 5.74) is -0.0664. The highest BCUT2D eigenvalue weighted by Crippen LogP contribution is 2.45. The molecule has 0 aliphatic heterocycles. The number of esters is 1. The van der Waals surface area contributed by atoms with Crippen molar-refractivity contribution in [3.63, 3.8) is 0 Å². The lowest BCUT2D eigenvalue weighted by Crippen LogP contribution is -2.42. The van der Waals surface area contributed by atoms with Crippen molar-refractivity contribution in [2.24, 2.45) is 22.7 Å². The molecule has 118 valence electrons. The van der Waals surface area contributed by atoms with Crippen LogP contribution in [0.2, 0.25) is 0 Å². The monoisotopic (exact) mass is 284 g/mol. The predicted octanol–water partition coefficient (Wildman–Crippen LogP) is 4.24. The van der Waals surface area contributed by atoms with Gasteiger partial charge < -0.3 is 4.74 Å². The van der Waals surface area contributed by atoms with E-state index in [2.05, 4.69) is 34.6 Å². The average Bonchev–Trinajstić information content (AvgIpc) is 2.26. The van der Waals surface area contributed by atoms with Crippen molar-refractivity contribution in [3.05, 3.63) is 0 Å². The van der Waals surface area contributed by atoms with Gasteiger partial charge in [0, 0.05) is 5.92 Å². The first-order valence-corrected chi connectivity index (χ1v) is 7.65. The van der Waals surface area contributed by atoms with Crippen molar-refractivity contribution in [2.75, 3.05) is 6.61 Å². The number of carbonyl (C=O) groups is 2. The van der Waals surface area contributed by atoms with Gasteiger partial charge in [-0.3, -0.25) is 9.59 Å². The second kappa shape index (κ2) is 7.24. The Kier molecular flexibility index (Phi) is 6.92. The highest BCUT2D eigenvalue weighted by molar-refractivity contribution is 5.85. The summed E-state index contributed by atoms with van der Waals surface area (Å²) >= 11 is 0. The fourth-order valence-corrected chi connectivity index (χ4v) is 3.52. The van der Waals surface area contributed by atoms with Gasteiger partial charge in [-0.15, -0.1) is 0 Å². The van der Waals surface area contributed by atoms with Gasteiger partial charge in [0.1, 0.15) is 5.78 Å². The lowest BCUT2D eigenvalue weighted by molar-refractivity contribution is -0.155. The van der Waals surface area contributed by atoms with E-state index >= 15 is 0 Å². The maximum absolute atomic E-state index is 12.2. The molecular weight excluding hydrogens is 252 g/mol. The zero-order chi connectivity index (χ0) is 16.1. The van der Waals surface area contributed by atoms with Gasteiger partial charge in [0.05, 0.1) is 12.5 Å². The van der Waals surface area contributed by atoms with Crippen LogP contribution >= 0.6 is 0 Å². The zero-order valence-electron chi connectivity index (χ0n) is 14.5. The Bertz CT molecular complexity index is 341. The molecule has 0 fully saturated rings. The molecule has 0 saturated heterocycles. The molecule has 0 heterocycles. The normalized spacial score (nSPS) is 18.0. The Hall–Kier alpha value is -0.860. The Balaban J connectivity index is 5.42. The first kappa shape index (κ1) is 19.1. The number of hydrogen-bond donors (Lipinski definition) is 0. The molecule has 0 amide bonds. The summed E-state index contributed by atoms with van der Waals surface area (Å²) < 4.78 is 5.11. The minimum Gasteiger partial charge on any atom is -0.466 e. The van der Waals surface area contributed by atoms with Gasteiger partial charge in [-0.1, -0.05) is 41.5 Å². The van der Waals surface area contributed by atoms with Crippen molar-refractivity contribution in [3.8, 4) is 0 Å². The molecule has 0 aliphatic rings. The van der Waals surface area contributed by atoms with E-state index in [9.17, 15) is 9.59 Å². The van der Waals surface area contributed by atoms with Crippen molar-refractivity contribution >= 4 is 11.8 Å². The molecule has 0 aromatic rings. The van der Waals surface area contributed by atoms with E-state index in [1.54, 1.807) is 13.8 Å². The number of ketones is 1. The van der Waals surface area contributed by atoms with Gasteiger partial charge >= 0.3 is 5.97 Å². The molecule has 3 unspecified atom stereocenters. The molecule has 20 heavy (non-hydrogen) atoms. The lowest BCUT2D eigenvalue weighted by atomic mass is 9.61. The number of Topliss-reactive ketones (excluding diaryl/α,β-unsaturated/α-hetero) is 1. The van der Waals surface area contributed by atoms with Crippen LogP contribution in [0.5, 0.6) is 0 Å². The van der Waals surface area contributed by atoms with Gasteiger partial charge in [-0.25, -0.2) is 0 Å². The Morgan fingerprint density at radius 1 is 1.10 bits per heavy atom. The number of rotatable bonds is 7. The van der Waals surface area contributed by atoms with E-state index in [4.69, 9.17) is 4.74 Å². The van der Waals surface area contributed by atoms with Crippen molar-refractivity contribution < 1.29 is 14.3 Å². The van der Waals surface area contributed by atoms with Crippen LogP contribution in [-0.4, -0.2) is 18.4 Å². The van der Waals surface area contributed by atoms with Crippen LogP contribution in [0.1, 0.15) is 68.2 Å². The summed E-state index contributed by atoms with van der Waals surface area (Å²) in [5.74, 6) is -0.856. The van der Waals surface area contributed by atoms with E-state index in [0.29, 0.717) is 6.61 Å². The molecule has 3 heteroatoms. The molecule has 0 saturated carbocycles. The summed E-state index contributed by atoms with van der Waals surface area (Å²) in [4.78, 5) is 24.2. The Morgan fingerprint density at radius 2 is 1.60 bits per heavy atom. The van der Waals surface area contributed by atoms with Gasteiger partial charge in [0.25, 0.3) is 0 Å². The third kappa shape index (κ3) is 5.26. The first-order chi connectivity index (χ1) is 8.98. The van der Waals surface area contributed by atoms with Crippen LogP contribution in [-0.2, 0) is 14.3 Å². The molecule has 3 nitrogen and oxygen atoms in total. The summed E-state index contributed by atoms with van der Waals surface area (Å²) in [6.45, 7) is 16.3. The molecule has 3 atom stereocenters. The first-order valence-electron chi connectivity index (χ1n) is 7.65. The number of ether oxygens (including phenoxy) is 1. The third-order valence-electron chi connectivity index (χ3n) is 4.09. The van der Waals surface area contributed by atoms with Crippen LogP contribution in [0.3, 0.4) is 0 Å². The standard InChI is InChI=1S/C17H32O3/c1-9-17(8,11-16(5,6)7)14(13(4)18)12(3)15(19)20-10-2/h12,14H,9-11H2,1-8H3. The Labute approximate surface area is 124 Å². The quantitative estimate of drug-likeness (QED) is 0.657. The topological polar surface area (TPSA) is 43.4 Å². The van der Waals surface area contributed by atoms with Crippen LogP contribution in [0.4, 0.5) is 0 Å². The molecule has 0 aromatic heterocycles. The highest BCUT2D eigenvalue weighted by atomic mass is 16.5. The molecule has 0 rings (SSSR count). The van der Waals surface area contributed by atoms with Gasteiger partial charge in [0.2, 0.25) is 0 Å². The summed E-state index contributed by atoms with van der Waals surface area (Å²) in [6.07, 6.45) is 1.78. The Morgan fingerprint density at radius 3 is 1.90 bits per heavy atom. The van der Waals surface area contributed by atoms with E-state index in [0.717, 1.165) is 12.8 Å². The van der Waals surface area contributed by atoms with E-state index in [1.807, 2.05) is 6.92 Å². The van der Waals surface area contributed by atoms with Crippen LogP contribution in [0.25, 0.3) is 0 Å². The molecule has 0 aliphatic carbocycles. The minimum atomic E-state index is -0.389. The summed E-state index contributed by atoms with van der Waals surface area (Å²) in [6, 6.07) is 0. The molecule has 0 bridgehead atoms. The van der Waals surface area contributed by atoms with Crippen LogP contribution in [0, 0.1) is 22.7 Å². The maximum Gasteiger partial charge on any atom is 0.309 e. The van der Waals surface area contributed by atoms with E-state index in [-0.39, 0.29) is 34.4 Å². The summed E-state index contributed by atoms with van der Waals surface area (Å²) in [5, 5.41) is 0. The van der Waals surface area contributed by atoms with Crippen molar-refractivity contribution in [2.45, 2.75) is 68.2 Å². The second-order valence-corrected chi connectivity index (χ2v) is 7.37. The molecule has 0 spiro atoms. The zero-order valence-corrected chi connectivity index (χ0v) is 14.5. The van der Waals surface area contributed by atoms with Gasteiger partial charge in [0.15, 0.2) is 0 Å². The fourth-order valence-electron chi connectivity index (χ4n) is 3.52. The van der Waals surface area contributed by atoms with E-state index < -0.39 is 0 Å². The van der Waals surface area contributed by atoms with Crippen molar-refractivity contribution in [1.82, 2.24) is 0 Å². The third-order valence-corrected chi connectivity index (χ3v) is 4.09. The smallest absolute Gasteiger partial charge is 0.309 e. The SMILES string of the molecule is CCOC(=O)C(C)C(C(C)=O)C(C)(CC)CC(C)(C)C. The largest absolute Gasteiger partial charge is 0.466 e. The number of carbonyl (C=O) groups excluding carboxylic acids is 2. The van der Waals surface area contributed by atoms with E-state index in [1.165, 1.54) is 0 Å². The maximum atomic E-state index is 12.2.